The molecule has 18 heavy (non-hydrogen) atoms. The molecule has 2 rings (SSSR count). The minimum Gasteiger partial charge on any atom is -0.366 e. The molecule has 3 heteroatoms. The molecule has 0 fully saturated rings. The molecule has 0 unspecified atom stereocenters. The first-order chi connectivity index (χ1) is 8.85. The van der Waals surface area contributed by atoms with Crippen LogP contribution in [0.5, 0.6) is 0 Å². The van der Waals surface area contributed by atoms with E-state index >= 15 is 0 Å². The summed E-state index contributed by atoms with van der Waals surface area (Å²) in [6.07, 6.45) is 1.80. The van der Waals surface area contributed by atoms with Gasteiger partial charge in [-0.2, -0.15) is 0 Å². The van der Waals surface area contributed by atoms with Crippen LogP contribution in [0.15, 0.2) is 55.1 Å². The van der Waals surface area contributed by atoms with E-state index in [0.717, 1.165) is 22.6 Å². The second kappa shape index (κ2) is 5.98. The molecule has 1 aromatic heterocycles. The lowest BCUT2D eigenvalue weighted by Crippen LogP contribution is -2.07. The molecule has 0 aliphatic carbocycles. The molecule has 92 valence electrons. The van der Waals surface area contributed by atoms with Gasteiger partial charge in [0.1, 0.15) is 5.82 Å². The highest BCUT2D eigenvalue weighted by atomic mass is 15.0. The molecular weight excluding hydrogens is 222 g/mol. The minimum absolute atomic E-state index is 0.474. The Morgan fingerprint density at radius 2 is 1.94 bits per heavy atom. The summed E-state index contributed by atoms with van der Waals surface area (Å²) in [7, 11) is 0. The standard InChI is InChI=1S/C15H17N3/c1-2-10-17-15-13(11-16)8-9-14(18-15)12-6-4-3-5-7-12/h2-9H,1,10-11,16H2,(H,17,18). The van der Waals surface area contributed by atoms with Crippen molar-refractivity contribution in [1.82, 2.24) is 4.98 Å². The molecule has 0 radical (unpaired) electrons. The van der Waals surface area contributed by atoms with Crippen LogP contribution in [0, 0.1) is 0 Å². The van der Waals surface area contributed by atoms with E-state index in [1.807, 2.05) is 42.5 Å². The molecule has 2 aromatic rings. The first-order valence-electron chi connectivity index (χ1n) is 5.95. The minimum atomic E-state index is 0.474. The molecule has 1 heterocycles. The summed E-state index contributed by atoms with van der Waals surface area (Å²) in [5, 5.41) is 3.21. The Bertz CT molecular complexity index is 521. The van der Waals surface area contributed by atoms with Crippen molar-refractivity contribution in [2.24, 2.45) is 5.73 Å². The van der Waals surface area contributed by atoms with Gasteiger partial charge in [0, 0.05) is 24.2 Å². The van der Waals surface area contributed by atoms with Gasteiger partial charge in [0.05, 0.1) is 5.69 Å². The zero-order chi connectivity index (χ0) is 12.8. The number of rotatable bonds is 5. The number of anilines is 1. The van der Waals surface area contributed by atoms with Gasteiger partial charge in [-0.25, -0.2) is 4.98 Å². The van der Waals surface area contributed by atoms with Gasteiger partial charge in [0.25, 0.3) is 0 Å². The highest BCUT2D eigenvalue weighted by Crippen LogP contribution is 2.21. The Labute approximate surface area is 107 Å². The van der Waals surface area contributed by atoms with Gasteiger partial charge in [-0.3, -0.25) is 0 Å². The normalized spacial score (nSPS) is 10.1. The van der Waals surface area contributed by atoms with Crippen molar-refractivity contribution in [3.05, 3.63) is 60.7 Å². The zero-order valence-electron chi connectivity index (χ0n) is 10.3. The average Bonchev–Trinajstić information content (AvgIpc) is 2.45. The largest absolute Gasteiger partial charge is 0.366 e. The third-order valence-electron chi connectivity index (χ3n) is 2.68. The fourth-order valence-corrected chi connectivity index (χ4v) is 1.74. The summed E-state index contributed by atoms with van der Waals surface area (Å²) in [4.78, 5) is 4.61. The van der Waals surface area contributed by atoms with E-state index in [-0.39, 0.29) is 0 Å². The number of pyridine rings is 1. The molecule has 0 bridgehead atoms. The third-order valence-corrected chi connectivity index (χ3v) is 2.68. The summed E-state index contributed by atoms with van der Waals surface area (Å²) >= 11 is 0. The molecule has 3 N–H and O–H groups in total. The molecule has 0 spiro atoms. The molecule has 0 amide bonds. The van der Waals surface area contributed by atoms with E-state index in [0.29, 0.717) is 13.1 Å². The first kappa shape index (κ1) is 12.3. The highest BCUT2D eigenvalue weighted by molar-refractivity contribution is 5.62. The van der Waals surface area contributed by atoms with Crippen LogP contribution in [0.4, 0.5) is 5.82 Å². The van der Waals surface area contributed by atoms with E-state index in [4.69, 9.17) is 5.73 Å². The number of hydrogen-bond donors (Lipinski definition) is 2. The van der Waals surface area contributed by atoms with Crippen LogP contribution >= 0.6 is 0 Å². The molecule has 0 saturated carbocycles. The van der Waals surface area contributed by atoms with Crippen LogP contribution in [0.3, 0.4) is 0 Å². The molecular formula is C15H17N3. The predicted molar refractivity (Wildman–Crippen MR) is 76.3 cm³/mol. The van der Waals surface area contributed by atoms with Gasteiger partial charge in [-0.1, -0.05) is 42.5 Å². The van der Waals surface area contributed by atoms with Crippen LogP contribution in [-0.4, -0.2) is 11.5 Å². The van der Waals surface area contributed by atoms with E-state index in [1.54, 1.807) is 6.08 Å². The number of nitrogens with two attached hydrogens (primary N) is 1. The molecule has 3 nitrogen and oxygen atoms in total. The Hall–Kier alpha value is -2.13. The molecule has 0 saturated heterocycles. The van der Waals surface area contributed by atoms with Crippen molar-refractivity contribution in [2.75, 3.05) is 11.9 Å². The van der Waals surface area contributed by atoms with Crippen LogP contribution in [0.2, 0.25) is 0 Å². The van der Waals surface area contributed by atoms with Gasteiger partial charge in [0.2, 0.25) is 0 Å². The van der Waals surface area contributed by atoms with Crippen LogP contribution in [0.25, 0.3) is 11.3 Å². The zero-order valence-corrected chi connectivity index (χ0v) is 10.3. The lowest BCUT2D eigenvalue weighted by atomic mass is 10.1. The van der Waals surface area contributed by atoms with Crippen LogP contribution in [0.1, 0.15) is 5.56 Å². The highest BCUT2D eigenvalue weighted by Gasteiger charge is 2.05. The first-order valence-corrected chi connectivity index (χ1v) is 5.95. The van der Waals surface area contributed by atoms with Gasteiger partial charge in [0.15, 0.2) is 0 Å². The fourth-order valence-electron chi connectivity index (χ4n) is 1.74. The lowest BCUT2D eigenvalue weighted by Gasteiger charge is -2.10. The average molecular weight is 239 g/mol. The van der Waals surface area contributed by atoms with Crippen molar-refractivity contribution < 1.29 is 0 Å². The number of nitrogens with one attached hydrogen (secondary N) is 1. The van der Waals surface area contributed by atoms with E-state index in [9.17, 15) is 0 Å². The quantitative estimate of drug-likeness (QED) is 0.789. The van der Waals surface area contributed by atoms with Crippen LogP contribution in [-0.2, 0) is 6.54 Å². The summed E-state index contributed by atoms with van der Waals surface area (Å²) in [6, 6.07) is 14.1. The Kier molecular flexibility index (Phi) is 4.10. The van der Waals surface area contributed by atoms with Crippen molar-refractivity contribution >= 4 is 5.82 Å². The fraction of sp³-hybridized carbons (Fsp3) is 0.133. The summed E-state index contributed by atoms with van der Waals surface area (Å²) in [6.45, 7) is 4.84. The lowest BCUT2D eigenvalue weighted by molar-refractivity contribution is 1.04. The van der Waals surface area contributed by atoms with Gasteiger partial charge >= 0.3 is 0 Å². The summed E-state index contributed by atoms with van der Waals surface area (Å²) < 4.78 is 0. The monoisotopic (exact) mass is 239 g/mol. The molecule has 1 aromatic carbocycles. The number of benzene rings is 1. The van der Waals surface area contributed by atoms with Gasteiger partial charge in [-0.15, -0.1) is 6.58 Å². The summed E-state index contributed by atoms with van der Waals surface area (Å²) in [5.41, 5.74) is 8.76. The van der Waals surface area contributed by atoms with E-state index in [2.05, 4.69) is 16.9 Å². The topological polar surface area (TPSA) is 50.9 Å². The smallest absolute Gasteiger partial charge is 0.131 e. The number of aromatic nitrogens is 1. The number of hydrogen-bond acceptors (Lipinski definition) is 3. The van der Waals surface area contributed by atoms with Crippen molar-refractivity contribution in [2.45, 2.75) is 6.54 Å². The maximum atomic E-state index is 5.71. The van der Waals surface area contributed by atoms with E-state index in [1.165, 1.54) is 0 Å². The second-order valence-corrected chi connectivity index (χ2v) is 3.94. The van der Waals surface area contributed by atoms with E-state index < -0.39 is 0 Å². The predicted octanol–water partition coefficient (Wildman–Crippen LogP) is 2.81. The molecule has 0 atom stereocenters. The third kappa shape index (κ3) is 2.76. The van der Waals surface area contributed by atoms with Crippen molar-refractivity contribution in [3.8, 4) is 11.3 Å². The van der Waals surface area contributed by atoms with Crippen molar-refractivity contribution in [3.63, 3.8) is 0 Å². The van der Waals surface area contributed by atoms with Crippen LogP contribution < -0.4 is 11.1 Å². The maximum Gasteiger partial charge on any atom is 0.131 e. The Morgan fingerprint density at radius 1 is 1.17 bits per heavy atom. The van der Waals surface area contributed by atoms with Gasteiger partial charge < -0.3 is 11.1 Å². The Balaban J connectivity index is 2.36. The second-order valence-electron chi connectivity index (χ2n) is 3.94. The Morgan fingerprint density at radius 3 is 2.61 bits per heavy atom. The molecule has 0 aliphatic heterocycles. The maximum absolute atomic E-state index is 5.71. The SMILES string of the molecule is C=CCNc1nc(-c2ccccc2)ccc1CN. The van der Waals surface area contributed by atoms with Crippen molar-refractivity contribution in [1.29, 1.82) is 0 Å². The van der Waals surface area contributed by atoms with Gasteiger partial charge in [-0.05, 0) is 6.07 Å². The number of nitrogens with zero attached hydrogens (tertiary/aromatic N) is 1. The summed E-state index contributed by atoms with van der Waals surface area (Å²) in [5.74, 6) is 0.832. The molecule has 0 aliphatic rings.